The molecule has 2 aromatic rings. The van der Waals surface area contributed by atoms with E-state index in [4.69, 9.17) is 9.16 Å². The van der Waals surface area contributed by atoms with Gasteiger partial charge in [-0.2, -0.15) is 0 Å². The van der Waals surface area contributed by atoms with Gasteiger partial charge in [0, 0.05) is 7.05 Å². The normalized spacial score (nSPS) is 14.0. The Bertz CT molecular complexity index is 731. The summed E-state index contributed by atoms with van der Waals surface area (Å²) in [6.45, 7) is 11.0. The zero-order valence-electron chi connectivity index (χ0n) is 15.7. The SMILES string of the molecule is COC(=O)C[C@H](O[Si](C)(C)C(C)(C)C)c1ccc2c(c1)ncn2C. The summed E-state index contributed by atoms with van der Waals surface area (Å²) in [5.41, 5.74) is 2.93. The molecule has 6 heteroatoms. The first-order chi connectivity index (χ1) is 11.0. The minimum atomic E-state index is -2.03. The van der Waals surface area contributed by atoms with E-state index < -0.39 is 8.32 Å². The van der Waals surface area contributed by atoms with Gasteiger partial charge in [0.25, 0.3) is 0 Å². The molecule has 2 rings (SSSR count). The van der Waals surface area contributed by atoms with E-state index in [1.807, 2.05) is 29.8 Å². The first-order valence-electron chi connectivity index (χ1n) is 8.21. The fourth-order valence-electron chi connectivity index (χ4n) is 2.35. The molecule has 0 fully saturated rings. The number of aromatic nitrogens is 2. The van der Waals surface area contributed by atoms with Crippen molar-refractivity contribution >= 4 is 25.3 Å². The zero-order valence-corrected chi connectivity index (χ0v) is 16.7. The highest BCUT2D eigenvalue weighted by molar-refractivity contribution is 6.74. The maximum atomic E-state index is 11.9. The monoisotopic (exact) mass is 348 g/mol. The molecule has 0 radical (unpaired) electrons. The molecule has 0 bridgehead atoms. The quantitative estimate of drug-likeness (QED) is 0.600. The molecule has 132 valence electrons. The third-order valence-electron chi connectivity index (χ3n) is 4.94. The standard InChI is InChI=1S/C18H28N2O3Si/c1-18(2,3)24(6,7)23-16(11-17(21)22-5)13-8-9-15-14(10-13)19-12-20(15)4/h8-10,12,16H,11H2,1-7H3/t16-/m0/s1. The molecule has 5 nitrogen and oxygen atoms in total. The van der Waals surface area contributed by atoms with Gasteiger partial charge in [-0.3, -0.25) is 4.79 Å². The van der Waals surface area contributed by atoms with Gasteiger partial charge in [-0.25, -0.2) is 4.98 Å². The average molecular weight is 349 g/mol. The lowest BCUT2D eigenvalue weighted by molar-refractivity contribution is -0.142. The highest BCUT2D eigenvalue weighted by atomic mass is 28.4. The summed E-state index contributed by atoms with van der Waals surface area (Å²) in [5.74, 6) is -0.264. The van der Waals surface area contributed by atoms with Crippen LogP contribution in [0, 0.1) is 0 Å². The number of aryl methyl sites for hydroxylation is 1. The van der Waals surface area contributed by atoms with Crippen LogP contribution in [0.1, 0.15) is 38.9 Å². The Hall–Kier alpha value is -1.66. The summed E-state index contributed by atoms with van der Waals surface area (Å²) >= 11 is 0. The number of nitrogens with zero attached hydrogens (tertiary/aromatic N) is 2. The lowest BCUT2D eigenvalue weighted by Gasteiger charge is -2.39. The molecule has 0 saturated carbocycles. The van der Waals surface area contributed by atoms with Crippen molar-refractivity contribution in [2.75, 3.05) is 7.11 Å². The molecule has 1 aromatic heterocycles. The number of imidazole rings is 1. The van der Waals surface area contributed by atoms with Crippen molar-refractivity contribution in [3.05, 3.63) is 30.1 Å². The molecule has 0 aliphatic heterocycles. The van der Waals surface area contributed by atoms with Gasteiger partial charge >= 0.3 is 5.97 Å². The van der Waals surface area contributed by atoms with Crippen LogP contribution in [0.3, 0.4) is 0 Å². The Balaban J connectivity index is 2.38. The number of benzene rings is 1. The van der Waals surface area contributed by atoms with Crippen LogP contribution >= 0.6 is 0 Å². The van der Waals surface area contributed by atoms with Crippen LogP contribution in [0.25, 0.3) is 11.0 Å². The minimum absolute atomic E-state index is 0.0659. The number of methoxy groups -OCH3 is 1. The maximum absolute atomic E-state index is 11.9. The highest BCUT2D eigenvalue weighted by Gasteiger charge is 2.40. The average Bonchev–Trinajstić information content (AvgIpc) is 2.86. The molecule has 1 heterocycles. The Morgan fingerprint density at radius 1 is 1.33 bits per heavy atom. The number of hydrogen-bond donors (Lipinski definition) is 0. The van der Waals surface area contributed by atoms with E-state index in [1.54, 1.807) is 6.33 Å². The van der Waals surface area contributed by atoms with E-state index in [0.717, 1.165) is 16.6 Å². The van der Waals surface area contributed by atoms with Gasteiger partial charge in [0.2, 0.25) is 0 Å². The maximum Gasteiger partial charge on any atom is 0.308 e. The van der Waals surface area contributed by atoms with Crippen molar-refractivity contribution in [3.8, 4) is 0 Å². The van der Waals surface area contributed by atoms with Crippen LogP contribution in [0.2, 0.25) is 18.1 Å². The van der Waals surface area contributed by atoms with Crippen molar-refractivity contribution in [2.24, 2.45) is 7.05 Å². The molecule has 0 amide bonds. The van der Waals surface area contributed by atoms with Crippen LogP contribution in [0.4, 0.5) is 0 Å². The summed E-state index contributed by atoms with van der Waals surface area (Å²) in [7, 11) is 1.35. The van der Waals surface area contributed by atoms with Crippen molar-refractivity contribution in [3.63, 3.8) is 0 Å². The molecule has 1 atom stereocenters. The fraction of sp³-hybridized carbons (Fsp3) is 0.556. The van der Waals surface area contributed by atoms with Gasteiger partial charge in [-0.1, -0.05) is 26.8 Å². The number of carbonyl (C=O) groups excluding carboxylic acids is 1. The second-order valence-corrected chi connectivity index (χ2v) is 12.5. The summed E-state index contributed by atoms with van der Waals surface area (Å²) in [6, 6.07) is 6.05. The zero-order chi connectivity index (χ0) is 18.1. The number of esters is 1. The smallest absolute Gasteiger partial charge is 0.308 e. The van der Waals surface area contributed by atoms with Crippen LogP contribution in [-0.2, 0) is 21.0 Å². The van der Waals surface area contributed by atoms with E-state index in [0.29, 0.717) is 0 Å². The van der Waals surface area contributed by atoms with Crippen molar-refractivity contribution < 1.29 is 14.0 Å². The Morgan fingerprint density at radius 2 is 2.00 bits per heavy atom. The summed E-state index contributed by atoms with van der Waals surface area (Å²) in [5, 5.41) is 0.0659. The topological polar surface area (TPSA) is 53.4 Å². The fourth-order valence-corrected chi connectivity index (χ4v) is 3.63. The van der Waals surface area contributed by atoms with E-state index in [-0.39, 0.29) is 23.5 Å². The first-order valence-corrected chi connectivity index (χ1v) is 11.1. The molecule has 1 aromatic carbocycles. The molecule has 0 N–H and O–H groups in total. The van der Waals surface area contributed by atoms with Gasteiger partial charge in [-0.15, -0.1) is 0 Å². The summed E-state index contributed by atoms with van der Waals surface area (Å²) in [6.07, 6.45) is 1.68. The van der Waals surface area contributed by atoms with Crippen LogP contribution < -0.4 is 0 Å². The van der Waals surface area contributed by atoms with Crippen LogP contribution in [0.15, 0.2) is 24.5 Å². The molecular weight excluding hydrogens is 320 g/mol. The number of carbonyl (C=O) groups is 1. The molecule has 0 saturated heterocycles. The first kappa shape index (κ1) is 18.7. The lowest BCUT2D eigenvalue weighted by Crippen LogP contribution is -2.42. The second kappa shape index (κ2) is 6.68. The van der Waals surface area contributed by atoms with Crippen molar-refractivity contribution in [1.82, 2.24) is 9.55 Å². The van der Waals surface area contributed by atoms with Crippen LogP contribution in [0.5, 0.6) is 0 Å². The van der Waals surface area contributed by atoms with Crippen molar-refractivity contribution in [1.29, 1.82) is 0 Å². The Labute approximate surface area is 145 Å². The minimum Gasteiger partial charge on any atom is -0.469 e. The van der Waals surface area contributed by atoms with Crippen molar-refractivity contribution in [2.45, 2.75) is 51.4 Å². The predicted molar refractivity (Wildman–Crippen MR) is 98.4 cm³/mol. The van der Waals surface area contributed by atoms with E-state index in [2.05, 4.69) is 38.8 Å². The summed E-state index contributed by atoms with van der Waals surface area (Å²) < 4.78 is 13.4. The molecule has 0 aliphatic rings. The number of hydrogen-bond acceptors (Lipinski definition) is 4. The Morgan fingerprint density at radius 3 is 2.58 bits per heavy atom. The lowest BCUT2D eigenvalue weighted by atomic mass is 10.1. The van der Waals surface area contributed by atoms with Gasteiger partial charge in [0.05, 0.1) is 37.0 Å². The third-order valence-corrected chi connectivity index (χ3v) is 9.43. The van der Waals surface area contributed by atoms with Crippen LogP contribution in [-0.4, -0.2) is 30.9 Å². The Kier molecular flexibility index (Phi) is 5.20. The molecule has 24 heavy (non-hydrogen) atoms. The second-order valence-electron chi connectivity index (χ2n) is 7.75. The van der Waals surface area contributed by atoms with Gasteiger partial charge in [-0.05, 0) is 35.8 Å². The molecule has 0 unspecified atom stereocenters. The van der Waals surface area contributed by atoms with E-state index in [9.17, 15) is 4.79 Å². The molecular formula is C18H28N2O3Si. The third kappa shape index (κ3) is 3.87. The highest BCUT2D eigenvalue weighted by Crippen LogP contribution is 2.40. The number of fused-ring (bicyclic) bond motifs is 1. The molecule has 0 spiro atoms. The largest absolute Gasteiger partial charge is 0.469 e. The predicted octanol–water partition coefficient (Wildman–Crippen LogP) is 4.20. The van der Waals surface area contributed by atoms with E-state index >= 15 is 0 Å². The number of ether oxygens (including phenoxy) is 1. The molecule has 0 aliphatic carbocycles. The summed E-state index contributed by atoms with van der Waals surface area (Å²) in [4.78, 5) is 16.3. The number of rotatable bonds is 5. The van der Waals surface area contributed by atoms with Gasteiger partial charge in [0.1, 0.15) is 0 Å². The van der Waals surface area contributed by atoms with E-state index in [1.165, 1.54) is 7.11 Å². The van der Waals surface area contributed by atoms with Gasteiger partial charge in [0.15, 0.2) is 8.32 Å². The van der Waals surface area contributed by atoms with Gasteiger partial charge < -0.3 is 13.7 Å².